The summed E-state index contributed by atoms with van der Waals surface area (Å²) in [4.78, 5) is 33.5. The van der Waals surface area contributed by atoms with Gasteiger partial charge in [0.2, 0.25) is 0 Å². The van der Waals surface area contributed by atoms with Crippen LogP contribution in [-0.2, 0) is 23.2 Å². The quantitative estimate of drug-likeness (QED) is 0.122. The third kappa shape index (κ3) is 11.3. The van der Waals surface area contributed by atoms with E-state index in [4.69, 9.17) is 13.6 Å². The Labute approximate surface area is 300 Å². The molecule has 2 heterocycles. The highest BCUT2D eigenvalue weighted by atomic mass is 32.1. The van der Waals surface area contributed by atoms with Gasteiger partial charge in [-0.3, -0.25) is 9.59 Å². The van der Waals surface area contributed by atoms with Gasteiger partial charge in [-0.2, -0.15) is 0 Å². The number of carbonyl (C=O) groups excluding carboxylic acids is 2. The monoisotopic (exact) mass is 719 g/mol. The van der Waals surface area contributed by atoms with Crippen molar-refractivity contribution in [2.75, 3.05) is 0 Å². The van der Waals surface area contributed by atoms with E-state index in [1.54, 1.807) is 11.3 Å². The van der Waals surface area contributed by atoms with Crippen molar-refractivity contribution in [1.82, 2.24) is 4.98 Å². The molecule has 6 nitrogen and oxygen atoms in total. The molecule has 9 heteroatoms. The lowest BCUT2D eigenvalue weighted by Crippen LogP contribution is -2.53. The highest BCUT2D eigenvalue weighted by molar-refractivity contribution is 7.09. The molecule has 0 N–H and O–H groups in total. The lowest BCUT2D eigenvalue weighted by Gasteiger charge is -2.44. The maximum Gasteiger partial charge on any atom is 0.309 e. The van der Waals surface area contributed by atoms with E-state index in [-0.39, 0.29) is 36.1 Å². The van der Waals surface area contributed by atoms with E-state index in [0.717, 1.165) is 71.8 Å². The number of ether oxygens (including phenoxy) is 1. The highest BCUT2D eigenvalue weighted by Crippen LogP contribution is 2.40. The van der Waals surface area contributed by atoms with Crippen LogP contribution in [0.2, 0.25) is 36.3 Å². The molecule has 0 radical (unpaired) electrons. The molecular weight excluding hydrogens is 651 g/mol. The summed E-state index contributed by atoms with van der Waals surface area (Å²) in [5, 5.41) is 3.04. The average molecular weight is 720 g/mol. The third-order valence-corrected chi connectivity index (χ3v) is 21.7. The minimum Gasteiger partial charge on any atom is -0.457 e. The Bertz CT molecular complexity index is 1220. The Morgan fingerprint density at radius 3 is 2.06 bits per heavy atom. The fourth-order valence-corrected chi connectivity index (χ4v) is 13.9. The first-order chi connectivity index (χ1) is 22.6. The first-order valence-corrected chi connectivity index (χ1v) is 24.8. The van der Waals surface area contributed by atoms with Crippen LogP contribution in [0, 0.1) is 24.2 Å². The zero-order valence-corrected chi connectivity index (χ0v) is 35.6. The number of aryl methyl sites for hydroxylation is 1. The molecule has 1 aliphatic rings. The summed E-state index contributed by atoms with van der Waals surface area (Å²) in [5.74, 6) is -0.278. The number of hydrogen-bond donors (Lipinski definition) is 0. The second-order valence-electron chi connectivity index (χ2n) is 15.1. The van der Waals surface area contributed by atoms with Crippen LogP contribution >= 0.6 is 11.3 Å². The third-order valence-electron chi connectivity index (χ3n) is 11.6. The fourth-order valence-electron chi connectivity index (χ4n) is 7.38. The standard InChI is InChI=1S/C39H69NO5SSi2/c1-14-47(15-2,16-3)44-35-26-36(41)43-34(30(9)25-33-27-46-32(11)40-33)24-23-28(7)21-20-22-29(8)37(31(10)38(42)39(35,12)13)45-48(17-4,18-5)19-6/h23,25,27,29,31,34-35,37H,14-22,24,26H2,1-13H3/t29-,31+,34-,35-,37-/m0/s1. The summed E-state index contributed by atoms with van der Waals surface area (Å²) >= 11 is 1.61. The molecule has 0 saturated heterocycles. The molecule has 0 aliphatic carbocycles. The molecule has 0 aromatic carbocycles. The molecule has 1 aromatic heterocycles. The topological polar surface area (TPSA) is 74.7 Å². The molecule has 0 fully saturated rings. The number of cyclic esters (lactones) is 1. The molecular formula is C39H69NO5SSi2. The van der Waals surface area contributed by atoms with Gasteiger partial charge in [-0.25, -0.2) is 4.98 Å². The van der Waals surface area contributed by atoms with E-state index in [9.17, 15) is 9.59 Å². The zero-order chi connectivity index (χ0) is 36.3. The van der Waals surface area contributed by atoms with Crippen LogP contribution in [0.1, 0.15) is 126 Å². The average Bonchev–Trinajstić information content (AvgIpc) is 3.48. The molecule has 48 heavy (non-hydrogen) atoms. The largest absolute Gasteiger partial charge is 0.457 e. The lowest BCUT2D eigenvalue weighted by atomic mass is 9.73. The zero-order valence-electron chi connectivity index (χ0n) is 32.8. The number of rotatable bonds is 12. The minimum absolute atomic E-state index is 0.0428. The van der Waals surface area contributed by atoms with E-state index in [0.29, 0.717) is 6.42 Å². The van der Waals surface area contributed by atoms with Crippen molar-refractivity contribution >= 4 is 45.8 Å². The summed E-state index contributed by atoms with van der Waals surface area (Å²) in [6.07, 6.45) is 6.73. The number of allylic oxidation sites excluding steroid dienone is 1. The van der Waals surface area contributed by atoms with Crippen LogP contribution in [0.15, 0.2) is 22.6 Å². The number of esters is 1. The number of Topliss-reactive ketones (excluding diaryl/α,β-unsaturated/α-hetero) is 1. The van der Waals surface area contributed by atoms with Gasteiger partial charge in [0.1, 0.15) is 11.9 Å². The Morgan fingerprint density at radius 1 is 0.979 bits per heavy atom. The van der Waals surface area contributed by atoms with Gasteiger partial charge in [0, 0.05) is 23.1 Å². The van der Waals surface area contributed by atoms with Crippen molar-refractivity contribution < 1.29 is 23.2 Å². The summed E-state index contributed by atoms with van der Waals surface area (Å²) in [7, 11) is -4.19. The molecule has 1 aromatic rings. The van der Waals surface area contributed by atoms with Crippen LogP contribution in [0.3, 0.4) is 0 Å². The van der Waals surface area contributed by atoms with E-state index >= 15 is 0 Å². The van der Waals surface area contributed by atoms with Gasteiger partial charge in [0.25, 0.3) is 0 Å². The number of aromatic nitrogens is 1. The van der Waals surface area contributed by atoms with Gasteiger partial charge in [-0.1, -0.05) is 80.9 Å². The molecule has 274 valence electrons. The summed E-state index contributed by atoms with van der Waals surface area (Å²) in [6.45, 7) is 27.9. The predicted octanol–water partition coefficient (Wildman–Crippen LogP) is 11.3. The van der Waals surface area contributed by atoms with Crippen LogP contribution in [-0.4, -0.2) is 51.7 Å². The van der Waals surface area contributed by atoms with Gasteiger partial charge in [0.15, 0.2) is 16.6 Å². The second kappa shape index (κ2) is 19.3. The van der Waals surface area contributed by atoms with Gasteiger partial charge < -0.3 is 13.6 Å². The molecule has 2 rings (SSSR count). The molecule has 0 bridgehead atoms. The first-order valence-electron chi connectivity index (χ1n) is 18.9. The minimum atomic E-state index is -2.19. The molecule has 0 spiro atoms. The van der Waals surface area contributed by atoms with Gasteiger partial charge >= 0.3 is 5.97 Å². The van der Waals surface area contributed by atoms with Crippen LogP contribution in [0.4, 0.5) is 0 Å². The maximum atomic E-state index is 14.9. The fraction of sp³-hybridized carbons (Fsp3) is 0.769. The number of carbonyl (C=O) groups is 2. The Hall–Kier alpha value is -1.40. The molecule has 5 atom stereocenters. The van der Waals surface area contributed by atoms with Crippen LogP contribution in [0.25, 0.3) is 6.08 Å². The van der Waals surface area contributed by atoms with Gasteiger partial charge in [0.05, 0.1) is 29.3 Å². The van der Waals surface area contributed by atoms with Crippen molar-refractivity contribution in [3.8, 4) is 0 Å². The van der Waals surface area contributed by atoms with Crippen LogP contribution < -0.4 is 0 Å². The van der Waals surface area contributed by atoms with E-state index in [1.807, 2.05) is 39.2 Å². The molecule has 1 aliphatic heterocycles. The number of thiazole rings is 1. The lowest BCUT2D eigenvalue weighted by molar-refractivity contribution is -0.153. The molecule has 0 unspecified atom stereocenters. The Kier molecular flexibility index (Phi) is 17.2. The first kappa shape index (κ1) is 42.8. The Balaban J connectivity index is 2.66. The maximum absolute atomic E-state index is 14.9. The highest BCUT2D eigenvalue weighted by Gasteiger charge is 2.48. The normalized spacial score (nSPS) is 25.9. The van der Waals surface area contributed by atoms with E-state index in [1.165, 1.54) is 5.57 Å². The van der Waals surface area contributed by atoms with Gasteiger partial charge in [-0.15, -0.1) is 11.3 Å². The number of hydrogen-bond acceptors (Lipinski definition) is 7. The summed E-state index contributed by atoms with van der Waals surface area (Å²) in [5.41, 5.74) is 2.24. The molecule has 0 amide bonds. The summed E-state index contributed by atoms with van der Waals surface area (Å²) in [6, 6.07) is 5.94. The SMILES string of the molecule is CC[Si](CC)(CC)O[C@H]1[C@@H](C)CCCC(C)=CC[C@@H](C(C)=Cc2csc(C)n2)OC(=O)C[C@H](O[Si](CC)(CC)CC)C(C)(C)C(=O)[C@@H]1C. The molecule has 0 saturated carbocycles. The second-order valence-corrected chi connectivity index (χ2v) is 25.6. The summed E-state index contributed by atoms with van der Waals surface area (Å²) < 4.78 is 20.7. The van der Waals surface area contributed by atoms with Crippen molar-refractivity contribution in [3.63, 3.8) is 0 Å². The number of nitrogens with zero attached hydrogens (tertiary/aromatic N) is 1. The van der Waals surface area contributed by atoms with Gasteiger partial charge in [-0.05, 0) is 93.9 Å². The van der Waals surface area contributed by atoms with Crippen LogP contribution in [0.5, 0.6) is 0 Å². The van der Waals surface area contributed by atoms with E-state index in [2.05, 4.69) is 73.4 Å². The predicted molar refractivity (Wildman–Crippen MR) is 208 cm³/mol. The smallest absolute Gasteiger partial charge is 0.309 e. The van der Waals surface area contributed by atoms with Crippen molar-refractivity contribution in [2.24, 2.45) is 17.3 Å². The van der Waals surface area contributed by atoms with Crippen molar-refractivity contribution in [3.05, 3.63) is 33.3 Å². The Morgan fingerprint density at radius 2 is 1.54 bits per heavy atom. The van der Waals surface area contributed by atoms with Crippen molar-refractivity contribution in [2.45, 2.75) is 177 Å². The van der Waals surface area contributed by atoms with E-state index < -0.39 is 34.3 Å². The number of ketones is 1. The van der Waals surface area contributed by atoms with Crippen molar-refractivity contribution in [1.29, 1.82) is 0 Å².